The van der Waals surface area contributed by atoms with Gasteiger partial charge in [0.15, 0.2) is 0 Å². The summed E-state index contributed by atoms with van der Waals surface area (Å²) < 4.78 is 0. The first-order valence-corrected chi connectivity index (χ1v) is 6.95. The van der Waals surface area contributed by atoms with Crippen molar-refractivity contribution in [2.75, 3.05) is 5.32 Å². The minimum Gasteiger partial charge on any atom is -0.326 e. The lowest BCUT2D eigenvalue weighted by molar-refractivity contribution is -0.116. The van der Waals surface area contributed by atoms with Gasteiger partial charge in [0.05, 0.1) is 0 Å². The van der Waals surface area contributed by atoms with Crippen molar-refractivity contribution < 1.29 is 4.79 Å². The molecule has 20 heavy (non-hydrogen) atoms. The molecule has 3 nitrogen and oxygen atoms in total. The highest BCUT2D eigenvalue weighted by atomic mass is 16.1. The highest BCUT2D eigenvalue weighted by Crippen LogP contribution is 2.17. The molecule has 0 fully saturated rings. The lowest BCUT2D eigenvalue weighted by atomic mass is 10.0. The first-order valence-electron chi connectivity index (χ1n) is 6.95. The zero-order valence-corrected chi connectivity index (χ0v) is 12.0. The third kappa shape index (κ3) is 4.19. The van der Waals surface area contributed by atoms with Gasteiger partial charge in [0, 0.05) is 24.0 Å². The monoisotopic (exact) mass is 268 g/mol. The molecular formula is C17H20N2O. The van der Waals surface area contributed by atoms with Gasteiger partial charge in [-0.15, -0.1) is 0 Å². The van der Waals surface area contributed by atoms with Crippen LogP contribution in [0.2, 0.25) is 0 Å². The number of carbonyl (C=O) groups excluding carboxylic acids is 1. The first kappa shape index (κ1) is 14.3. The van der Waals surface area contributed by atoms with Crippen molar-refractivity contribution in [2.45, 2.75) is 32.6 Å². The topological polar surface area (TPSA) is 42.0 Å². The number of aryl methyl sites for hydroxylation is 1. The van der Waals surface area contributed by atoms with Crippen molar-refractivity contribution in [1.29, 1.82) is 0 Å². The summed E-state index contributed by atoms with van der Waals surface area (Å²) in [6.07, 6.45) is 2.86. The minimum atomic E-state index is 0.0213. The molecule has 0 atom stereocenters. The highest BCUT2D eigenvalue weighted by molar-refractivity contribution is 5.90. The SMILES string of the molecule is CC(C)c1ccc(NC(=O)CCc2ccccn2)cc1. The molecule has 0 bridgehead atoms. The highest BCUT2D eigenvalue weighted by Gasteiger charge is 2.04. The van der Waals surface area contributed by atoms with Gasteiger partial charge < -0.3 is 5.32 Å². The van der Waals surface area contributed by atoms with Gasteiger partial charge in [-0.3, -0.25) is 9.78 Å². The van der Waals surface area contributed by atoms with E-state index in [9.17, 15) is 4.79 Å². The van der Waals surface area contributed by atoms with Gasteiger partial charge in [-0.1, -0.05) is 32.0 Å². The van der Waals surface area contributed by atoms with Gasteiger partial charge in [-0.25, -0.2) is 0 Å². The van der Waals surface area contributed by atoms with Crippen molar-refractivity contribution in [2.24, 2.45) is 0 Å². The number of nitrogens with one attached hydrogen (secondary N) is 1. The average molecular weight is 268 g/mol. The van der Waals surface area contributed by atoms with Crippen LogP contribution in [0.15, 0.2) is 48.7 Å². The number of amides is 1. The molecule has 0 unspecified atom stereocenters. The van der Waals surface area contributed by atoms with Crippen molar-refractivity contribution >= 4 is 11.6 Å². The second-order valence-corrected chi connectivity index (χ2v) is 5.15. The quantitative estimate of drug-likeness (QED) is 0.896. The number of benzene rings is 1. The Morgan fingerprint density at radius 2 is 1.90 bits per heavy atom. The Balaban J connectivity index is 1.85. The maximum absolute atomic E-state index is 11.9. The molecule has 0 spiro atoms. The van der Waals surface area contributed by atoms with Gasteiger partial charge in [-0.2, -0.15) is 0 Å². The number of hydrogen-bond acceptors (Lipinski definition) is 2. The van der Waals surface area contributed by atoms with E-state index in [2.05, 4.69) is 36.3 Å². The zero-order valence-electron chi connectivity index (χ0n) is 12.0. The summed E-state index contributed by atoms with van der Waals surface area (Å²) >= 11 is 0. The predicted molar refractivity (Wildman–Crippen MR) is 81.7 cm³/mol. The molecular weight excluding hydrogens is 248 g/mol. The van der Waals surface area contributed by atoms with Gasteiger partial charge >= 0.3 is 0 Å². The standard InChI is InChI=1S/C17H20N2O/c1-13(2)14-6-8-16(9-7-14)19-17(20)11-10-15-5-3-4-12-18-15/h3-9,12-13H,10-11H2,1-2H3,(H,19,20). The Hall–Kier alpha value is -2.16. The van der Waals surface area contributed by atoms with Crippen LogP contribution < -0.4 is 5.32 Å². The third-order valence-corrected chi connectivity index (χ3v) is 3.20. The van der Waals surface area contributed by atoms with Crippen molar-refractivity contribution in [3.05, 3.63) is 59.9 Å². The van der Waals surface area contributed by atoms with Gasteiger partial charge in [-0.05, 0) is 42.2 Å². The molecule has 2 aromatic rings. The molecule has 1 aromatic carbocycles. The Labute approximate surface area is 120 Å². The summed E-state index contributed by atoms with van der Waals surface area (Å²) in [7, 11) is 0. The molecule has 2 rings (SSSR count). The number of pyridine rings is 1. The number of carbonyl (C=O) groups is 1. The maximum atomic E-state index is 11.9. The van der Waals surface area contributed by atoms with E-state index in [0.29, 0.717) is 18.8 Å². The number of hydrogen-bond donors (Lipinski definition) is 1. The summed E-state index contributed by atoms with van der Waals surface area (Å²) in [6, 6.07) is 13.8. The average Bonchev–Trinajstić information content (AvgIpc) is 2.47. The largest absolute Gasteiger partial charge is 0.326 e. The molecule has 0 radical (unpaired) electrons. The van der Waals surface area contributed by atoms with Crippen LogP contribution in [0.1, 0.15) is 37.4 Å². The van der Waals surface area contributed by atoms with Crippen LogP contribution >= 0.6 is 0 Å². The van der Waals surface area contributed by atoms with Crippen LogP contribution in [-0.2, 0) is 11.2 Å². The smallest absolute Gasteiger partial charge is 0.224 e. The molecule has 3 heteroatoms. The fourth-order valence-electron chi connectivity index (χ4n) is 1.96. The third-order valence-electron chi connectivity index (χ3n) is 3.20. The molecule has 0 saturated carbocycles. The zero-order chi connectivity index (χ0) is 14.4. The fraction of sp³-hybridized carbons (Fsp3) is 0.294. The number of rotatable bonds is 5. The second-order valence-electron chi connectivity index (χ2n) is 5.15. The molecule has 0 aliphatic heterocycles. The van der Waals surface area contributed by atoms with E-state index in [4.69, 9.17) is 0 Å². The molecule has 104 valence electrons. The first-order chi connectivity index (χ1) is 9.65. The molecule has 1 heterocycles. The van der Waals surface area contributed by atoms with Crippen LogP contribution in [0.5, 0.6) is 0 Å². The van der Waals surface area contributed by atoms with Crippen molar-refractivity contribution in [3.63, 3.8) is 0 Å². The van der Waals surface area contributed by atoms with Crippen LogP contribution in [0, 0.1) is 0 Å². The molecule has 0 aliphatic rings. The fourth-order valence-corrected chi connectivity index (χ4v) is 1.96. The Kier molecular flexibility index (Phi) is 4.88. The van der Waals surface area contributed by atoms with Crippen LogP contribution in [-0.4, -0.2) is 10.9 Å². The number of anilines is 1. The van der Waals surface area contributed by atoms with E-state index in [1.165, 1.54) is 5.56 Å². The van der Waals surface area contributed by atoms with E-state index >= 15 is 0 Å². The van der Waals surface area contributed by atoms with Gasteiger partial charge in [0.25, 0.3) is 0 Å². The number of nitrogens with zero attached hydrogens (tertiary/aromatic N) is 1. The van der Waals surface area contributed by atoms with Crippen LogP contribution in [0.4, 0.5) is 5.69 Å². The summed E-state index contributed by atoms with van der Waals surface area (Å²) in [6.45, 7) is 4.31. The normalized spacial score (nSPS) is 10.6. The van der Waals surface area contributed by atoms with E-state index in [-0.39, 0.29) is 5.91 Å². The summed E-state index contributed by atoms with van der Waals surface area (Å²) in [4.78, 5) is 16.1. The molecule has 1 aromatic heterocycles. The Morgan fingerprint density at radius 1 is 1.15 bits per heavy atom. The van der Waals surface area contributed by atoms with E-state index < -0.39 is 0 Å². The lowest BCUT2D eigenvalue weighted by Gasteiger charge is -2.08. The number of aromatic nitrogens is 1. The lowest BCUT2D eigenvalue weighted by Crippen LogP contribution is -2.12. The van der Waals surface area contributed by atoms with E-state index in [0.717, 1.165) is 11.4 Å². The molecule has 0 saturated heterocycles. The Bertz CT molecular complexity index is 547. The van der Waals surface area contributed by atoms with E-state index in [1.54, 1.807) is 6.20 Å². The van der Waals surface area contributed by atoms with Crippen molar-refractivity contribution in [3.8, 4) is 0 Å². The van der Waals surface area contributed by atoms with E-state index in [1.807, 2.05) is 30.3 Å². The summed E-state index contributed by atoms with van der Waals surface area (Å²) in [5.41, 5.74) is 3.06. The predicted octanol–water partition coefficient (Wildman–Crippen LogP) is 3.78. The molecule has 0 aliphatic carbocycles. The summed E-state index contributed by atoms with van der Waals surface area (Å²) in [5.74, 6) is 0.525. The van der Waals surface area contributed by atoms with Crippen molar-refractivity contribution in [1.82, 2.24) is 4.98 Å². The summed E-state index contributed by atoms with van der Waals surface area (Å²) in [5, 5.41) is 2.91. The van der Waals surface area contributed by atoms with Crippen LogP contribution in [0.25, 0.3) is 0 Å². The maximum Gasteiger partial charge on any atom is 0.224 e. The molecule has 1 amide bonds. The van der Waals surface area contributed by atoms with Gasteiger partial charge in [0.1, 0.15) is 0 Å². The minimum absolute atomic E-state index is 0.0213. The van der Waals surface area contributed by atoms with Crippen LogP contribution in [0.3, 0.4) is 0 Å². The van der Waals surface area contributed by atoms with Gasteiger partial charge in [0.2, 0.25) is 5.91 Å². The Morgan fingerprint density at radius 3 is 2.50 bits per heavy atom. The second kappa shape index (κ2) is 6.85. The molecule has 1 N–H and O–H groups in total.